The van der Waals surface area contributed by atoms with Crippen LogP contribution in [0.1, 0.15) is 12.0 Å². The lowest BCUT2D eigenvalue weighted by Gasteiger charge is -2.02. The van der Waals surface area contributed by atoms with Gasteiger partial charge in [-0.05, 0) is 18.4 Å². The summed E-state index contributed by atoms with van der Waals surface area (Å²) < 4.78 is 0. The van der Waals surface area contributed by atoms with Gasteiger partial charge in [-0.25, -0.2) is 4.98 Å². The topological polar surface area (TPSA) is 50.9 Å². The molecule has 0 fully saturated rings. The number of hydrogen-bond donors (Lipinski definition) is 2. The molecule has 2 aromatic rings. The maximum absolute atomic E-state index is 5.59. The molecule has 84 valence electrons. The summed E-state index contributed by atoms with van der Waals surface area (Å²) in [4.78, 5) is 4.14. The van der Waals surface area contributed by atoms with Gasteiger partial charge in [0.05, 0.1) is 6.20 Å². The van der Waals surface area contributed by atoms with Gasteiger partial charge in [0.15, 0.2) is 5.13 Å². The summed E-state index contributed by atoms with van der Waals surface area (Å²) in [6.07, 6.45) is 3.88. The number of anilines is 2. The first-order chi connectivity index (χ1) is 7.84. The highest BCUT2D eigenvalue weighted by atomic mass is 32.1. The van der Waals surface area contributed by atoms with Crippen molar-refractivity contribution < 1.29 is 0 Å². The molecule has 3 N–H and O–H groups in total. The van der Waals surface area contributed by atoms with Gasteiger partial charge in [0.25, 0.3) is 0 Å². The quantitative estimate of drug-likeness (QED) is 0.781. The van der Waals surface area contributed by atoms with Gasteiger partial charge in [0.2, 0.25) is 0 Å². The van der Waals surface area contributed by atoms with Crippen molar-refractivity contribution >= 4 is 21.5 Å². The standard InChI is InChI=1S/C12H15N3S/c13-11-9-15-12(16-11)14-8-4-7-10-5-2-1-3-6-10/h1-3,5-6,9H,4,7-8,13H2,(H,14,15). The Hall–Kier alpha value is -1.55. The zero-order valence-electron chi connectivity index (χ0n) is 9.02. The molecule has 0 saturated heterocycles. The van der Waals surface area contributed by atoms with Gasteiger partial charge in [0, 0.05) is 6.54 Å². The molecule has 3 nitrogen and oxygen atoms in total. The summed E-state index contributed by atoms with van der Waals surface area (Å²) in [6.45, 7) is 0.932. The second-order valence-electron chi connectivity index (χ2n) is 3.58. The van der Waals surface area contributed by atoms with Crippen molar-refractivity contribution in [1.82, 2.24) is 4.98 Å². The highest BCUT2D eigenvalue weighted by Gasteiger charge is 1.97. The predicted octanol–water partition coefficient (Wildman–Crippen LogP) is 2.77. The van der Waals surface area contributed by atoms with E-state index >= 15 is 0 Å². The van der Waals surface area contributed by atoms with Gasteiger partial charge in [-0.1, -0.05) is 41.7 Å². The van der Waals surface area contributed by atoms with Crippen LogP contribution in [-0.4, -0.2) is 11.5 Å². The monoisotopic (exact) mass is 233 g/mol. The first-order valence-corrected chi connectivity index (χ1v) is 6.15. The summed E-state index contributed by atoms with van der Waals surface area (Å²) >= 11 is 1.49. The zero-order chi connectivity index (χ0) is 11.2. The van der Waals surface area contributed by atoms with Gasteiger partial charge in [0.1, 0.15) is 5.00 Å². The average molecular weight is 233 g/mol. The van der Waals surface area contributed by atoms with Gasteiger partial charge < -0.3 is 11.1 Å². The first kappa shape index (κ1) is 11.0. The third-order valence-corrected chi connectivity index (χ3v) is 3.07. The fraction of sp³-hybridized carbons (Fsp3) is 0.250. The molecule has 0 unspecified atom stereocenters. The number of nitrogens with one attached hydrogen (secondary N) is 1. The summed E-state index contributed by atoms with van der Waals surface area (Å²) in [5.41, 5.74) is 6.97. The highest BCUT2D eigenvalue weighted by Crippen LogP contribution is 2.19. The van der Waals surface area contributed by atoms with E-state index in [1.807, 2.05) is 6.07 Å². The number of aromatic nitrogens is 1. The van der Waals surface area contributed by atoms with Gasteiger partial charge in [-0.15, -0.1) is 0 Å². The first-order valence-electron chi connectivity index (χ1n) is 5.34. The van der Waals surface area contributed by atoms with E-state index in [-0.39, 0.29) is 0 Å². The molecule has 0 aliphatic rings. The van der Waals surface area contributed by atoms with Crippen LogP contribution >= 0.6 is 11.3 Å². The van der Waals surface area contributed by atoms with E-state index < -0.39 is 0 Å². The molecule has 16 heavy (non-hydrogen) atoms. The Balaban J connectivity index is 1.69. The molecule has 0 bridgehead atoms. The van der Waals surface area contributed by atoms with E-state index in [2.05, 4.69) is 34.6 Å². The SMILES string of the molecule is Nc1cnc(NCCCc2ccccc2)s1. The summed E-state index contributed by atoms with van der Waals surface area (Å²) in [5.74, 6) is 0. The molecule has 0 spiro atoms. The molecule has 0 aliphatic heterocycles. The lowest BCUT2D eigenvalue weighted by Crippen LogP contribution is -2.02. The average Bonchev–Trinajstić information content (AvgIpc) is 2.72. The van der Waals surface area contributed by atoms with Crippen LogP contribution in [0.5, 0.6) is 0 Å². The number of nitrogen functional groups attached to an aromatic ring is 1. The number of hydrogen-bond acceptors (Lipinski definition) is 4. The van der Waals surface area contributed by atoms with Crippen molar-refractivity contribution in [2.75, 3.05) is 17.6 Å². The van der Waals surface area contributed by atoms with Crippen LogP contribution in [0.3, 0.4) is 0 Å². The second-order valence-corrected chi connectivity index (χ2v) is 4.65. The van der Waals surface area contributed by atoms with Crippen molar-refractivity contribution in [3.63, 3.8) is 0 Å². The van der Waals surface area contributed by atoms with Gasteiger partial charge in [-0.2, -0.15) is 0 Å². The number of benzene rings is 1. The fourth-order valence-corrected chi connectivity index (χ4v) is 2.11. The minimum Gasteiger partial charge on any atom is -0.389 e. The van der Waals surface area contributed by atoms with Gasteiger partial charge in [-0.3, -0.25) is 0 Å². The fourth-order valence-electron chi connectivity index (χ4n) is 1.50. The van der Waals surface area contributed by atoms with Crippen molar-refractivity contribution in [1.29, 1.82) is 0 Å². The number of rotatable bonds is 5. The third-order valence-electron chi connectivity index (χ3n) is 2.28. The Labute approximate surface area is 99.3 Å². The molecular formula is C12H15N3S. The third kappa shape index (κ3) is 3.24. The number of thiazole rings is 1. The van der Waals surface area contributed by atoms with Crippen LogP contribution in [0.2, 0.25) is 0 Å². The van der Waals surface area contributed by atoms with Crippen LogP contribution in [0.15, 0.2) is 36.5 Å². The molecule has 1 aromatic carbocycles. The lowest BCUT2D eigenvalue weighted by molar-refractivity contribution is 0.862. The zero-order valence-corrected chi connectivity index (χ0v) is 9.83. The molecule has 0 saturated carbocycles. The molecule has 4 heteroatoms. The molecule has 0 radical (unpaired) electrons. The maximum Gasteiger partial charge on any atom is 0.184 e. The molecule has 0 aliphatic carbocycles. The highest BCUT2D eigenvalue weighted by molar-refractivity contribution is 7.19. The van der Waals surface area contributed by atoms with Crippen molar-refractivity contribution in [2.45, 2.75) is 12.8 Å². The van der Waals surface area contributed by atoms with Crippen molar-refractivity contribution in [3.8, 4) is 0 Å². The van der Waals surface area contributed by atoms with E-state index in [0.717, 1.165) is 29.5 Å². The summed E-state index contributed by atoms with van der Waals surface area (Å²) in [6, 6.07) is 10.5. The minimum absolute atomic E-state index is 0.755. The number of aryl methyl sites for hydroxylation is 1. The van der Waals surface area contributed by atoms with Crippen LogP contribution in [0.25, 0.3) is 0 Å². The smallest absolute Gasteiger partial charge is 0.184 e. The molecule has 0 atom stereocenters. The number of nitrogens with zero attached hydrogens (tertiary/aromatic N) is 1. The van der Waals surface area contributed by atoms with Crippen molar-refractivity contribution in [2.24, 2.45) is 0 Å². The minimum atomic E-state index is 0.755. The van der Waals surface area contributed by atoms with E-state index in [1.165, 1.54) is 16.9 Å². The largest absolute Gasteiger partial charge is 0.389 e. The Morgan fingerprint density at radius 3 is 2.75 bits per heavy atom. The van der Waals surface area contributed by atoms with E-state index in [4.69, 9.17) is 5.73 Å². The Bertz CT molecular complexity index is 425. The van der Waals surface area contributed by atoms with E-state index in [9.17, 15) is 0 Å². The molecule has 1 heterocycles. The second kappa shape index (κ2) is 5.51. The molecule has 2 rings (SSSR count). The molecule has 0 amide bonds. The molecule has 1 aromatic heterocycles. The van der Waals surface area contributed by atoms with Crippen molar-refractivity contribution in [3.05, 3.63) is 42.1 Å². The summed E-state index contributed by atoms with van der Waals surface area (Å²) in [7, 11) is 0. The van der Waals surface area contributed by atoms with Crippen LogP contribution in [0.4, 0.5) is 10.1 Å². The maximum atomic E-state index is 5.59. The number of nitrogens with two attached hydrogens (primary N) is 1. The normalized spacial score (nSPS) is 10.2. The van der Waals surface area contributed by atoms with Crippen LogP contribution < -0.4 is 11.1 Å². The molecular weight excluding hydrogens is 218 g/mol. The van der Waals surface area contributed by atoms with E-state index in [1.54, 1.807) is 6.20 Å². The predicted molar refractivity (Wildman–Crippen MR) is 69.8 cm³/mol. The van der Waals surface area contributed by atoms with Crippen LogP contribution in [0, 0.1) is 0 Å². The van der Waals surface area contributed by atoms with E-state index in [0.29, 0.717) is 0 Å². The van der Waals surface area contributed by atoms with Crippen LogP contribution in [-0.2, 0) is 6.42 Å². The lowest BCUT2D eigenvalue weighted by atomic mass is 10.1. The summed E-state index contributed by atoms with van der Waals surface area (Å²) in [5, 5.41) is 4.93. The Morgan fingerprint density at radius 1 is 1.25 bits per heavy atom. The van der Waals surface area contributed by atoms with Gasteiger partial charge >= 0.3 is 0 Å². The Kier molecular flexibility index (Phi) is 3.77. The Morgan fingerprint density at radius 2 is 2.06 bits per heavy atom.